The fourth-order valence-electron chi connectivity index (χ4n) is 11.9. The standard InChI is InChI=1S/C56H59N7O2/c1-54(2,3)38-20-22-41(23-21-38)63-46(36-18-24-42-44(34-36)59-50(57-42)48-16-10-32-61(48)52(64)55(28-29-55)39-12-6-4-7-13-39)26-27-47(63)37-19-25-43-45(35-37)60-51(58-43)49-17-11-33-62(49)53(65)56(30-31-56)40-14-8-5-9-15-40/h4-9,12-15,18-25,34-35,46-49H,10-11,16-17,26-33H2,1-3H3,(H,57,59)(H,58,60). The van der Waals surface area contributed by atoms with Gasteiger partial charge in [-0.25, -0.2) is 9.97 Å². The van der Waals surface area contributed by atoms with Crippen LogP contribution in [0, 0.1) is 0 Å². The van der Waals surface area contributed by atoms with Gasteiger partial charge >= 0.3 is 0 Å². The molecule has 4 unspecified atom stereocenters. The first kappa shape index (κ1) is 40.3. The largest absolute Gasteiger partial charge is 0.357 e. The average Bonchev–Trinajstić information content (AvgIpc) is 3.84. The van der Waals surface area contributed by atoms with E-state index >= 15 is 0 Å². The predicted octanol–water partition coefficient (Wildman–Crippen LogP) is 11.6. The van der Waals surface area contributed by atoms with E-state index < -0.39 is 0 Å². The Labute approximate surface area is 381 Å². The molecular formula is C56H59N7O2. The molecule has 2 amide bonds. The molecule has 4 atom stereocenters. The van der Waals surface area contributed by atoms with Crippen molar-refractivity contribution in [1.82, 2.24) is 29.7 Å². The smallest absolute Gasteiger partial charge is 0.233 e. The number of hydrogen-bond acceptors (Lipinski definition) is 5. The molecule has 5 aliphatic rings. The van der Waals surface area contributed by atoms with Gasteiger partial charge in [0, 0.05) is 18.8 Å². The molecular weight excluding hydrogens is 803 g/mol. The van der Waals surface area contributed by atoms with Crippen LogP contribution in [0.5, 0.6) is 0 Å². The lowest BCUT2D eigenvalue weighted by Gasteiger charge is -2.34. The van der Waals surface area contributed by atoms with Crippen molar-refractivity contribution in [3.8, 4) is 0 Å². The Hall–Kier alpha value is -6.22. The summed E-state index contributed by atoms with van der Waals surface area (Å²) in [5.41, 5.74) is 10.5. The van der Waals surface area contributed by atoms with E-state index in [1.54, 1.807) is 0 Å². The number of benzene rings is 5. The van der Waals surface area contributed by atoms with Crippen LogP contribution in [0.3, 0.4) is 0 Å². The Balaban J connectivity index is 0.840. The number of amides is 2. The molecule has 330 valence electrons. The number of imidazole rings is 2. The van der Waals surface area contributed by atoms with Crippen LogP contribution in [0.15, 0.2) is 121 Å². The topological polar surface area (TPSA) is 101 Å². The monoisotopic (exact) mass is 861 g/mol. The molecule has 5 aromatic carbocycles. The lowest BCUT2D eigenvalue weighted by molar-refractivity contribution is -0.135. The molecule has 12 rings (SSSR count). The van der Waals surface area contributed by atoms with Gasteiger partial charge in [-0.15, -0.1) is 0 Å². The molecule has 0 radical (unpaired) electrons. The van der Waals surface area contributed by atoms with Crippen LogP contribution in [-0.4, -0.2) is 54.6 Å². The molecule has 9 nitrogen and oxygen atoms in total. The highest BCUT2D eigenvalue weighted by atomic mass is 16.2. The number of aromatic nitrogens is 4. The number of rotatable bonds is 9. The van der Waals surface area contributed by atoms with E-state index in [0.717, 1.165) is 122 Å². The second kappa shape index (κ2) is 15.2. The van der Waals surface area contributed by atoms with Gasteiger partial charge < -0.3 is 24.7 Å². The highest BCUT2D eigenvalue weighted by molar-refractivity contribution is 5.93. The minimum atomic E-state index is -0.388. The van der Waals surface area contributed by atoms with Crippen molar-refractivity contribution in [3.05, 3.63) is 161 Å². The Morgan fingerprint density at radius 1 is 0.554 bits per heavy atom. The highest BCUT2D eigenvalue weighted by Gasteiger charge is 2.56. The number of fused-ring (bicyclic) bond motifs is 2. The van der Waals surface area contributed by atoms with Crippen LogP contribution in [0.2, 0.25) is 0 Å². The molecule has 3 saturated heterocycles. The van der Waals surface area contributed by atoms with Gasteiger partial charge in [0.05, 0.1) is 57.1 Å². The zero-order chi connectivity index (χ0) is 44.1. The van der Waals surface area contributed by atoms with Crippen LogP contribution < -0.4 is 4.90 Å². The van der Waals surface area contributed by atoms with Crippen molar-refractivity contribution in [2.75, 3.05) is 18.0 Å². The van der Waals surface area contributed by atoms with Crippen molar-refractivity contribution in [2.45, 2.75) is 125 Å². The third kappa shape index (κ3) is 6.78. The zero-order valence-corrected chi connectivity index (χ0v) is 37.9. The summed E-state index contributed by atoms with van der Waals surface area (Å²) in [6, 6.07) is 43.6. The molecule has 5 heterocycles. The van der Waals surface area contributed by atoms with Gasteiger partial charge in [0.2, 0.25) is 11.8 Å². The maximum atomic E-state index is 14.3. The fraction of sp³-hybridized carbons (Fsp3) is 0.393. The van der Waals surface area contributed by atoms with E-state index in [4.69, 9.17) is 9.97 Å². The number of hydrogen-bond donors (Lipinski definition) is 2. The Kier molecular flexibility index (Phi) is 9.41. The number of anilines is 1. The molecule has 3 aliphatic heterocycles. The number of carbonyl (C=O) groups excluding carboxylic acids is 2. The van der Waals surface area contributed by atoms with E-state index in [1.807, 2.05) is 36.4 Å². The second-order valence-corrected chi connectivity index (χ2v) is 20.8. The van der Waals surface area contributed by atoms with Crippen LogP contribution >= 0.6 is 0 Å². The van der Waals surface area contributed by atoms with E-state index in [9.17, 15) is 9.59 Å². The molecule has 7 aromatic rings. The summed E-state index contributed by atoms with van der Waals surface area (Å²) in [5.74, 6) is 2.29. The van der Waals surface area contributed by atoms with Crippen molar-refractivity contribution in [3.63, 3.8) is 0 Å². The van der Waals surface area contributed by atoms with Crippen molar-refractivity contribution < 1.29 is 9.59 Å². The summed E-state index contributed by atoms with van der Waals surface area (Å²) in [4.78, 5) is 53.2. The van der Waals surface area contributed by atoms with Crippen LogP contribution in [0.4, 0.5) is 5.69 Å². The van der Waals surface area contributed by atoms with Gasteiger partial charge in [-0.3, -0.25) is 9.59 Å². The lowest BCUT2D eigenvalue weighted by Crippen LogP contribution is -2.39. The summed E-state index contributed by atoms with van der Waals surface area (Å²) in [6.45, 7) is 8.35. The Morgan fingerprint density at radius 3 is 1.42 bits per heavy atom. The number of aromatic amines is 2. The highest BCUT2D eigenvalue weighted by Crippen LogP contribution is 2.53. The number of nitrogens with zero attached hydrogens (tertiary/aromatic N) is 5. The molecule has 2 aromatic heterocycles. The zero-order valence-electron chi connectivity index (χ0n) is 37.9. The van der Waals surface area contributed by atoms with Gasteiger partial charge in [0.25, 0.3) is 0 Å². The summed E-state index contributed by atoms with van der Waals surface area (Å²) in [5, 5.41) is 0. The molecule has 2 N–H and O–H groups in total. The minimum Gasteiger partial charge on any atom is -0.357 e. The normalized spacial score (nSPS) is 23.5. The third-order valence-corrected chi connectivity index (χ3v) is 15.9. The minimum absolute atomic E-state index is 0.0486. The van der Waals surface area contributed by atoms with Gasteiger partial charge in [-0.05, 0) is 134 Å². The van der Waals surface area contributed by atoms with E-state index in [-0.39, 0.29) is 52.2 Å². The molecule has 0 spiro atoms. The number of carbonyl (C=O) groups is 2. The maximum Gasteiger partial charge on any atom is 0.233 e. The first-order valence-electron chi connectivity index (χ1n) is 24.2. The van der Waals surface area contributed by atoms with E-state index in [0.29, 0.717) is 0 Å². The van der Waals surface area contributed by atoms with Crippen LogP contribution in [-0.2, 0) is 25.8 Å². The molecule has 5 fully saturated rings. The van der Waals surface area contributed by atoms with Gasteiger partial charge in [0.15, 0.2) is 0 Å². The van der Waals surface area contributed by atoms with Crippen molar-refractivity contribution >= 4 is 39.6 Å². The summed E-state index contributed by atoms with van der Waals surface area (Å²) in [7, 11) is 0. The van der Waals surface area contributed by atoms with E-state index in [2.05, 4.69) is 130 Å². The van der Waals surface area contributed by atoms with Gasteiger partial charge in [0.1, 0.15) is 11.6 Å². The number of nitrogens with one attached hydrogen (secondary N) is 2. The molecule has 2 aliphatic carbocycles. The summed E-state index contributed by atoms with van der Waals surface area (Å²) < 4.78 is 0. The Bertz CT molecular complexity index is 2750. The summed E-state index contributed by atoms with van der Waals surface area (Å²) in [6.07, 6.45) is 9.44. The first-order chi connectivity index (χ1) is 31.6. The predicted molar refractivity (Wildman–Crippen MR) is 257 cm³/mol. The van der Waals surface area contributed by atoms with Crippen molar-refractivity contribution in [1.29, 1.82) is 0 Å². The van der Waals surface area contributed by atoms with Gasteiger partial charge in [-0.1, -0.05) is 106 Å². The van der Waals surface area contributed by atoms with Crippen molar-refractivity contribution in [2.24, 2.45) is 0 Å². The second-order valence-electron chi connectivity index (χ2n) is 20.8. The molecule has 65 heavy (non-hydrogen) atoms. The number of H-pyrrole nitrogens is 2. The quantitative estimate of drug-likeness (QED) is 0.151. The molecule has 0 bridgehead atoms. The third-order valence-electron chi connectivity index (χ3n) is 15.9. The van der Waals surface area contributed by atoms with Gasteiger partial charge in [-0.2, -0.15) is 0 Å². The van der Waals surface area contributed by atoms with Crippen LogP contribution in [0.25, 0.3) is 22.1 Å². The molecule has 9 heteroatoms. The maximum absolute atomic E-state index is 14.3. The number of likely N-dealkylation sites (tertiary alicyclic amines) is 2. The Morgan fingerprint density at radius 2 is 1.00 bits per heavy atom. The summed E-state index contributed by atoms with van der Waals surface area (Å²) >= 11 is 0. The first-order valence-corrected chi connectivity index (χ1v) is 24.2. The fourth-order valence-corrected chi connectivity index (χ4v) is 11.9. The SMILES string of the molecule is CC(C)(C)c1ccc(N2C(c3ccc4nc(C5CCCN5C(=O)C5(c6ccccc6)CC5)[nH]c4c3)CCC2c2ccc3nc(C4CCCN4C(=O)C4(c5ccccc5)CC4)[nH]c3c2)cc1. The molecule has 2 saturated carbocycles. The van der Waals surface area contributed by atoms with Crippen LogP contribution in [0.1, 0.15) is 149 Å². The average molecular weight is 862 g/mol. The van der Waals surface area contributed by atoms with E-state index in [1.165, 1.54) is 22.4 Å². The lowest BCUT2D eigenvalue weighted by atomic mass is 9.87.